The number of fused-ring (bicyclic) bond motifs is 1. The van der Waals surface area contributed by atoms with Crippen LogP contribution in [0.3, 0.4) is 0 Å². The Balaban J connectivity index is 2.11. The zero-order valence-electron chi connectivity index (χ0n) is 20.4. The van der Waals surface area contributed by atoms with E-state index in [1.54, 1.807) is 21.3 Å². The molecule has 1 aliphatic heterocycles. The van der Waals surface area contributed by atoms with Gasteiger partial charge in [-0.05, 0) is 103 Å². The molecule has 180 valence electrons. The van der Waals surface area contributed by atoms with Crippen LogP contribution in [0, 0.1) is 31.3 Å². The molecular formula is C26H28IO6P. The Bertz CT molecular complexity index is 1220. The molecule has 6 nitrogen and oxygen atoms in total. The third-order valence-corrected chi connectivity index (χ3v) is 10.6. The van der Waals surface area contributed by atoms with Crippen molar-refractivity contribution < 1.29 is 28.2 Å². The highest BCUT2D eigenvalue weighted by atomic mass is 127. The second-order valence-corrected chi connectivity index (χ2v) is 12.1. The summed E-state index contributed by atoms with van der Waals surface area (Å²) >= 11 is 2.20. The van der Waals surface area contributed by atoms with E-state index in [9.17, 15) is 0 Å². The molecule has 3 aromatic rings. The average Bonchev–Trinajstić information content (AvgIpc) is 3.29. The standard InChI is InChI=1S/C26H28IO6P/c1-14-8-18(9-15(2)23(14)30-6)34(28,19-10-16(3)24(31-7)17(4)11-19)21-12-20(29-5)25-26(22(21)27)33-13-32-25/h8-12H,13H2,1-7H3. The van der Waals surface area contributed by atoms with Crippen molar-refractivity contribution in [1.82, 2.24) is 0 Å². The molecule has 8 heteroatoms. The quantitative estimate of drug-likeness (QED) is 0.299. The lowest BCUT2D eigenvalue weighted by atomic mass is 10.1. The lowest BCUT2D eigenvalue weighted by Crippen LogP contribution is -2.28. The first-order valence-electron chi connectivity index (χ1n) is 10.8. The van der Waals surface area contributed by atoms with Crippen molar-refractivity contribution in [2.24, 2.45) is 0 Å². The number of ether oxygens (including phenoxy) is 5. The largest absolute Gasteiger partial charge is 0.496 e. The molecule has 0 spiro atoms. The lowest BCUT2D eigenvalue weighted by Gasteiger charge is -2.25. The summed E-state index contributed by atoms with van der Waals surface area (Å²) in [5.41, 5.74) is 3.68. The van der Waals surface area contributed by atoms with Gasteiger partial charge in [-0.15, -0.1) is 0 Å². The number of benzene rings is 3. The fraction of sp³-hybridized carbons (Fsp3) is 0.308. The van der Waals surface area contributed by atoms with E-state index in [-0.39, 0.29) is 6.79 Å². The normalized spacial score (nSPS) is 12.6. The Hall–Kier alpha value is -2.38. The molecule has 1 heterocycles. The maximum Gasteiger partial charge on any atom is 0.231 e. The van der Waals surface area contributed by atoms with Crippen LogP contribution in [-0.2, 0) is 4.57 Å². The number of rotatable bonds is 6. The predicted molar refractivity (Wildman–Crippen MR) is 143 cm³/mol. The van der Waals surface area contributed by atoms with Gasteiger partial charge in [-0.25, -0.2) is 0 Å². The van der Waals surface area contributed by atoms with Crippen LogP contribution in [0.1, 0.15) is 22.3 Å². The molecule has 4 rings (SSSR count). The van der Waals surface area contributed by atoms with Crippen LogP contribution in [0.5, 0.6) is 28.7 Å². The van der Waals surface area contributed by atoms with Crippen molar-refractivity contribution in [2.75, 3.05) is 28.1 Å². The highest BCUT2D eigenvalue weighted by Gasteiger charge is 2.38. The second kappa shape index (κ2) is 9.34. The summed E-state index contributed by atoms with van der Waals surface area (Å²) in [5.74, 6) is 3.16. The Morgan fingerprint density at radius 2 is 1.18 bits per heavy atom. The maximum absolute atomic E-state index is 15.5. The van der Waals surface area contributed by atoms with Gasteiger partial charge in [-0.1, -0.05) is 0 Å². The first kappa shape index (κ1) is 24.7. The fourth-order valence-corrected chi connectivity index (χ4v) is 9.27. The van der Waals surface area contributed by atoms with E-state index in [0.717, 1.165) is 37.3 Å². The van der Waals surface area contributed by atoms with Crippen LogP contribution in [0.2, 0.25) is 0 Å². The van der Waals surface area contributed by atoms with Gasteiger partial charge in [0, 0.05) is 15.9 Å². The van der Waals surface area contributed by atoms with Crippen LogP contribution < -0.4 is 39.6 Å². The highest BCUT2D eigenvalue weighted by molar-refractivity contribution is 14.1. The predicted octanol–water partition coefficient (Wildman–Crippen LogP) is 4.92. The smallest absolute Gasteiger partial charge is 0.231 e. The second-order valence-electron chi connectivity index (χ2n) is 8.31. The van der Waals surface area contributed by atoms with Gasteiger partial charge in [-0.2, -0.15) is 0 Å². The molecule has 0 amide bonds. The van der Waals surface area contributed by atoms with Crippen LogP contribution >= 0.6 is 29.7 Å². The van der Waals surface area contributed by atoms with Gasteiger partial charge in [0.25, 0.3) is 0 Å². The van der Waals surface area contributed by atoms with Gasteiger partial charge in [0.1, 0.15) is 11.5 Å². The average molecular weight is 594 g/mol. The Kier molecular flexibility index (Phi) is 6.80. The zero-order chi connectivity index (χ0) is 24.8. The molecule has 1 aliphatic rings. The molecule has 0 bridgehead atoms. The monoisotopic (exact) mass is 594 g/mol. The molecule has 0 atom stereocenters. The van der Waals surface area contributed by atoms with Gasteiger partial charge in [0.2, 0.25) is 12.5 Å². The van der Waals surface area contributed by atoms with Crippen LogP contribution in [0.15, 0.2) is 30.3 Å². The fourth-order valence-electron chi connectivity index (χ4n) is 4.66. The zero-order valence-corrected chi connectivity index (χ0v) is 23.4. The minimum Gasteiger partial charge on any atom is -0.496 e. The summed E-state index contributed by atoms with van der Waals surface area (Å²) in [5, 5.41) is 2.07. The third kappa shape index (κ3) is 3.83. The Morgan fingerprint density at radius 1 is 0.735 bits per heavy atom. The van der Waals surface area contributed by atoms with Crippen molar-refractivity contribution in [3.05, 3.63) is 56.2 Å². The van der Waals surface area contributed by atoms with E-state index in [0.29, 0.717) is 33.2 Å². The van der Waals surface area contributed by atoms with Crippen molar-refractivity contribution in [1.29, 1.82) is 0 Å². The van der Waals surface area contributed by atoms with Crippen molar-refractivity contribution in [3.8, 4) is 28.7 Å². The molecule has 0 aliphatic carbocycles. The van der Waals surface area contributed by atoms with Gasteiger partial charge >= 0.3 is 0 Å². The SMILES string of the molecule is COc1cc(P(=O)(c2cc(C)c(OC)c(C)c2)c2cc(C)c(OC)c(C)c2)c(I)c2c1OCO2. The third-order valence-electron chi connectivity index (χ3n) is 6.11. The van der Waals surface area contributed by atoms with E-state index < -0.39 is 7.14 Å². The number of hydrogen-bond donors (Lipinski definition) is 0. The summed E-state index contributed by atoms with van der Waals surface area (Å²) in [4.78, 5) is 0. The maximum atomic E-state index is 15.5. The topological polar surface area (TPSA) is 63.2 Å². The number of halogens is 1. The summed E-state index contributed by atoms with van der Waals surface area (Å²) in [6.45, 7) is 7.96. The molecule has 3 aromatic carbocycles. The van der Waals surface area contributed by atoms with Crippen LogP contribution in [0.25, 0.3) is 0 Å². The molecule has 0 unspecified atom stereocenters. The molecular weight excluding hydrogens is 566 g/mol. The molecule has 0 radical (unpaired) electrons. The van der Waals surface area contributed by atoms with Crippen LogP contribution in [0.4, 0.5) is 0 Å². The molecule has 0 fully saturated rings. The minimum atomic E-state index is -3.39. The van der Waals surface area contributed by atoms with E-state index in [2.05, 4.69) is 22.6 Å². The summed E-state index contributed by atoms with van der Waals surface area (Å²) in [6.07, 6.45) is 0. The van der Waals surface area contributed by atoms with Crippen molar-refractivity contribution >= 4 is 45.6 Å². The van der Waals surface area contributed by atoms with E-state index in [1.807, 2.05) is 58.0 Å². The Morgan fingerprint density at radius 3 is 1.59 bits per heavy atom. The Labute approximate surface area is 214 Å². The summed E-state index contributed by atoms with van der Waals surface area (Å²) in [6, 6.07) is 9.63. The lowest BCUT2D eigenvalue weighted by molar-refractivity contribution is 0.170. The number of aryl methyl sites for hydroxylation is 4. The van der Waals surface area contributed by atoms with E-state index in [1.165, 1.54) is 0 Å². The van der Waals surface area contributed by atoms with Crippen LogP contribution in [-0.4, -0.2) is 28.1 Å². The summed E-state index contributed by atoms with van der Waals surface area (Å²) in [7, 11) is 1.48. The molecule has 34 heavy (non-hydrogen) atoms. The number of methoxy groups -OCH3 is 3. The molecule has 0 N–H and O–H groups in total. The van der Waals surface area contributed by atoms with Gasteiger partial charge in [-0.3, -0.25) is 0 Å². The van der Waals surface area contributed by atoms with Gasteiger partial charge in [0.05, 0.1) is 24.9 Å². The highest BCUT2D eigenvalue weighted by Crippen LogP contribution is 2.52. The van der Waals surface area contributed by atoms with E-state index >= 15 is 4.57 Å². The number of hydrogen-bond acceptors (Lipinski definition) is 6. The molecule has 0 aromatic heterocycles. The molecule has 0 saturated heterocycles. The van der Waals surface area contributed by atoms with Gasteiger partial charge in [0.15, 0.2) is 18.6 Å². The minimum absolute atomic E-state index is 0.0942. The first-order valence-corrected chi connectivity index (χ1v) is 13.5. The summed E-state index contributed by atoms with van der Waals surface area (Å²) < 4.78 is 44.4. The molecule has 0 saturated carbocycles. The van der Waals surface area contributed by atoms with Crippen molar-refractivity contribution in [2.45, 2.75) is 27.7 Å². The van der Waals surface area contributed by atoms with E-state index in [4.69, 9.17) is 23.7 Å². The van der Waals surface area contributed by atoms with Gasteiger partial charge < -0.3 is 28.2 Å². The first-order chi connectivity index (χ1) is 16.2. The van der Waals surface area contributed by atoms with Crippen molar-refractivity contribution in [3.63, 3.8) is 0 Å².